The molecule has 1 aromatic rings. The Bertz CT molecular complexity index is 959. The zero-order valence-corrected chi connectivity index (χ0v) is 21.8. The number of nitrogens with zero attached hydrogens (tertiary/aromatic N) is 2. The Kier molecular flexibility index (Phi) is 8.26. The number of amides is 4. The van der Waals surface area contributed by atoms with Crippen LogP contribution >= 0.6 is 0 Å². The zero-order valence-electron chi connectivity index (χ0n) is 21.8. The van der Waals surface area contributed by atoms with Gasteiger partial charge in [-0.1, -0.05) is 12.8 Å². The van der Waals surface area contributed by atoms with Crippen molar-refractivity contribution in [2.45, 2.75) is 70.4 Å². The smallest absolute Gasteiger partial charge is 0.315 e. The first kappa shape index (κ1) is 26.1. The van der Waals surface area contributed by atoms with Crippen molar-refractivity contribution >= 4 is 17.8 Å². The lowest BCUT2D eigenvalue weighted by molar-refractivity contribution is -0.130. The van der Waals surface area contributed by atoms with Gasteiger partial charge in [-0.15, -0.1) is 0 Å². The van der Waals surface area contributed by atoms with Crippen molar-refractivity contribution in [1.29, 1.82) is 0 Å². The van der Waals surface area contributed by atoms with Crippen molar-refractivity contribution in [2.75, 3.05) is 40.4 Å². The van der Waals surface area contributed by atoms with Crippen LogP contribution in [0.25, 0.3) is 0 Å². The minimum atomic E-state index is -0.0825. The van der Waals surface area contributed by atoms with E-state index in [1.807, 2.05) is 16.7 Å². The third-order valence-corrected chi connectivity index (χ3v) is 8.22. The van der Waals surface area contributed by atoms with Gasteiger partial charge in [0.05, 0.1) is 25.8 Å². The average Bonchev–Trinajstić information content (AvgIpc) is 3.45. The van der Waals surface area contributed by atoms with Gasteiger partial charge in [-0.05, 0) is 62.6 Å². The van der Waals surface area contributed by atoms with E-state index >= 15 is 0 Å². The number of piperidine rings is 1. The molecule has 3 heterocycles. The number of unbranched alkanes of at least 4 members (excludes halogenated alkanes) is 2. The van der Waals surface area contributed by atoms with Crippen LogP contribution in [0.15, 0.2) is 18.2 Å². The summed E-state index contributed by atoms with van der Waals surface area (Å²) in [4.78, 5) is 41.4. The number of urea groups is 1. The normalized spacial score (nSPS) is 22.9. The van der Waals surface area contributed by atoms with E-state index in [-0.39, 0.29) is 35.3 Å². The molecule has 3 aliphatic rings. The van der Waals surface area contributed by atoms with Crippen molar-refractivity contribution in [3.8, 4) is 11.5 Å². The summed E-state index contributed by atoms with van der Waals surface area (Å²) < 4.78 is 10.7. The van der Waals surface area contributed by atoms with Crippen LogP contribution in [0.1, 0.15) is 68.6 Å². The number of hydrogen-bond donors (Lipinski definition) is 2. The molecule has 0 unspecified atom stereocenters. The van der Waals surface area contributed by atoms with Gasteiger partial charge in [-0.25, -0.2) is 4.79 Å². The van der Waals surface area contributed by atoms with Crippen molar-refractivity contribution < 1.29 is 23.9 Å². The summed E-state index contributed by atoms with van der Waals surface area (Å²) in [6, 6.07) is 5.57. The molecule has 4 amide bonds. The SMILES string of the molecule is COc1ccc(OC)c(C(=O)N2CCC3(CCN(C(=O)CCCCC[C@H]4NC(=O)N[C@H]4C)C3)CC2)c1. The molecule has 0 bridgehead atoms. The van der Waals surface area contributed by atoms with Gasteiger partial charge in [-0.3, -0.25) is 9.59 Å². The molecule has 1 spiro atoms. The molecule has 9 heteroatoms. The maximum absolute atomic E-state index is 13.2. The summed E-state index contributed by atoms with van der Waals surface area (Å²) in [6.45, 7) is 5.01. The minimum Gasteiger partial charge on any atom is -0.497 e. The highest BCUT2D eigenvalue weighted by Gasteiger charge is 2.42. The van der Waals surface area contributed by atoms with Gasteiger partial charge in [0.15, 0.2) is 0 Å². The number of ether oxygens (including phenoxy) is 2. The average molecular weight is 501 g/mol. The van der Waals surface area contributed by atoms with Crippen LogP contribution in [-0.4, -0.2) is 80.1 Å². The lowest BCUT2D eigenvalue weighted by Crippen LogP contribution is -2.44. The molecule has 3 aliphatic heterocycles. The molecule has 3 fully saturated rings. The molecule has 0 aliphatic carbocycles. The number of likely N-dealkylation sites (tertiary alicyclic amines) is 2. The molecular weight excluding hydrogens is 460 g/mol. The van der Waals surface area contributed by atoms with Gasteiger partial charge in [0.2, 0.25) is 5.91 Å². The number of nitrogens with one attached hydrogen (secondary N) is 2. The van der Waals surface area contributed by atoms with E-state index in [0.29, 0.717) is 36.6 Å². The number of benzene rings is 1. The van der Waals surface area contributed by atoms with Gasteiger partial charge < -0.3 is 29.9 Å². The molecule has 198 valence electrons. The highest BCUT2D eigenvalue weighted by atomic mass is 16.5. The fourth-order valence-corrected chi connectivity index (χ4v) is 5.83. The van der Waals surface area contributed by atoms with Crippen molar-refractivity contribution in [3.05, 3.63) is 23.8 Å². The van der Waals surface area contributed by atoms with Crippen molar-refractivity contribution in [3.63, 3.8) is 0 Å². The van der Waals surface area contributed by atoms with Gasteiger partial charge >= 0.3 is 6.03 Å². The molecule has 0 radical (unpaired) electrons. The Balaban J connectivity index is 1.20. The Morgan fingerprint density at radius 2 is 1.72 bits per heavy atom. The standard InChI is InChI=1S/C27H40N4O5/c1-19-22(29-26(34)28-19)7-5-4-6-8-24(32)31-16-13-27(18-31)11-14-30(15-12-27)25(33)21-17-20(35-2)9-10-23(21)36-3/h9-10,17,19,22H,4-8,11-16,18H2,1-3H3,(H2,28,29,34)/t19-,22+/m0/s1. The van der Waals surface area contributed by atoms with Crippen molar-refractivity contribution in [2.24, 2.45) is 5.41 Å². The van der Waals surface area contributed by atoms with E-state index in [4.69, 9.17) is 9.47 Å². The molecule has 3 saturated heterocycles. The first-order valence-electron chi connectivity index (χ1n) is 13.2. The topological polar surface area (TPSA) is 100 Å². The van der Waals surface area contributed by atoms with E-state index < -0.39 is 0 Å². The second kappa shape index (κ2) is 11.4. The van der Waals surface area contributed by atoms with Crippen LogP contribution in [-0.2, 0) is 4.79 Å². The zero-order chi connectivity index (χ0) is 25.7. The van der Waals surface area contributed by atoms with Gasteiger partial charge in [0.1, 0.15) is 11.5 Å². The Labute approximate surface area is 213 Å². The van der Waals surface area contributed by atoms with Crippen LogP contribution in [0, 0.1) is 5.41 Å². The van der Waals surface area contributed by atoms with Crippen molar-refractivity contribution in [1.82, 2.24) is 20.4 Å². The largest absolute Gasteiger partial charge is 0.497 e. The number of rotatable bonds is 9. The number of methoxy groups -OCH3 is 2. The summed E-state index contributed by atoms with van der Waals surface area (Å²) in [5.74, 6) is 1.40. The summed E-state index contributed by atoms with van der Waals surface area (Å²) in [5.41, 5.74) is 0.645. The molecule has 2 atom stereocenters. The van der Waals surface area contributed by atoms with Gasteiger partial charge in [0, 0.05) is 38.6 Å². The molecule has 1 aromatic carbocycles. The molecule has 9 nitrogen and oxygen atoms in total. The van der Waals surface area contributed by atoms with E-state index in [9.17, 15) is 14.4 Å². The Hall–Kier alpha value is -2.97. The van der Waals surface area contributed by atoms with E-state index in [0.717, 1.165) is 58.0 Å². The van der Waals surface area contributed by atoms with E-state index in [1.54, 1.807) is 32.4 Å². The van der Waals surface area contributed by atoms with Crippen LogP contribution in [0.5, 0.6) is 11.5 Å². The second-order valence-electron chi connectivity index (χ2n) is 10.5. The predicted octanol–water partition coefficient (Wildman–Crippen LogP) is 3.18. The summed E-state index contributed by atoms with van der Waals surface area (Å²) in [7, 11) is 3.16. The third-order valence-electron chi connectivity index (χ3n) is 8.22. The molecule has 0 aromatic heterocycles. The van der Waals surface area contributed by atoms with Crippen LogP contribution in [0.4, 0.5) is 4.79 Å². The first-order chi connectivity index (χ1) is 17.3. The maximum atomic E-state index is 13.2. The van der Waals surface area contributed by atoms with Crippen LogP contribution < -0.4 is 20.1 Å². The fraction of sp³-hybridized carbons (Fsp3) is 0.667. The lowest BCUT2D eigenvalue weighted by Gasteiger charge is -2.39. The Morgan fingerprint density at radius 3 is 2.36 bits per heavy atom. The molecule has 0 saturated carbocycles. The van der Waals surface area contributed by atoms with Gasteiger partial charge in [0.25, 0.3) is 5.91 Å². The Morgan fingerprint density at radius 1 is 1.00 bits per heavy atom. The quantitative estimate of drug-likeness (QED) is 0.508. The minimum absolute atomic E-state index is 0.0334. The summed E-state index contributed by atoms with van der Waals surface area (Å²) in [5, 5.41) is 5.82. The number of carbonyl (C=O) groups is 3. The van der Waals surface area contributed by atoms with E-state index in [1.165, 1.54) is 0 Å². The first-order valence-corrected chi connectivity index (χ1v) is 13.2. The number of carbonyl (C=O) groups excluding carboxylic acids is 3. The van der Waals surface area contributed by atoms with Gasteiger partial charge in [-0.2, -0.15) is 0 Å². The molecular formula is C27H40N4O5. The maximum Gasteiger partial charge on any atom is 0.315 e. The lowest BCUT2D eigenvalue weighted by atomic mass is 9.77. The van der Waals surface area contributed by atoms with E-state index in [2.05, 4.69) is 10.6 Å². The second-order valence-corrected chi connectivity index (χ2v) is 10.5. The number of hydrogen-bond acceptors (Lipinski definition) is 5. The predicted molar refractivity (Wildman–Crippen MR) is 136 cm³/mol. The highest BCUT2D eigenvalue weighted by Crippen LogP contribution is 2.41. The monoisotopic (exact) mass is 500 g/mol. The fourth-order valence-electron chi connectivity index (χ4n) is 5.83. The summed E-state index contributed by atoms with van der Waals surface area (Å²) in [6.07, 6.45) is 7.25. The van der Waals surface area contributed by atoms with Crippen LogP contribution in [0.3, 0.4) is 0 Å². The molecule has 36 heavy (non-hydrogen) atoms. The summed E-state index contributed by atoms with van der Waals surface area (Å²) >= 11 is 0. The van der Waals surface area contributed by atoms with Crippen LogP contribution in [0.2, 0.25) is 0 Å². The highest BCUT2D eigenvalue weighted by molar-refractivity contribution is 5.97. The molecule has 2 N–H and O–H groups in total. The third kappa shape index (κ3) is 5.87. The molecule has 4 rings (SSSR count).